The monoisotopic (exact) mass is 266 g/mol. The van der Waals surface area contributed by atoms with E-state index >= 15 is 0 Å². The van der Waals surface area contributed by atoms with E-state index in [4.69, 9.17) is 0 Å². The second-order valence-electron chi connectivity index (χ2n) is 4.14. The smallest absolute Gasteiger partial charge is 0.258 e. The summed E-state index contributed by atoms with van der Waals surface area (Å²) in [6, 6.07) is 14.6. The van der Waals surface area contributed by atoms with Gasteiger partial charge < -0.3 is 0 Å². The highest BCUT2D eigenvalue weighted by Crippen LogP contribution is 2.18. The highest BCUT2D eigenvalue weighted by molar-refractivity contribution is 5.58. The Kier molecular flexibility index (Phi) is 2.96. The van der Waals surface area contributed by atoms with E-state index in [-0.39, 0.29) is 5.69 Å². The van der Waals surface area contributed by atoms with Gasteiger partial charge in [-0.05, 0) is 12.1 Å². The zero-order chi connectivity index (χ0) is 13.9. The first kappa shape index (κ1) is 12.0. The number of nitrogens with zero attached hydrogens (tertiary/aromatic N) is 4. The fraction of sp³-hybridized carbons (Fsp3) is 0. The van der Waals surface area contributed by atoms with E-state index in [2.05, 4.69) is 10.1 Å². The molecule has 0 aliphatic heterocycles. The molecule has 1 aromatic carbocycles. The van der Waals surface area contributed by atoms with Crippen LogP contribution in [-0.4, -0.2) is 19.7 Å². The first-order chi connectivity index (χ1) is 9.74. The molecule has 2 aromatic heterocycles. The van der Waals surface area contributed by atoms with E-state index in [1.165, 1.54) is 12.3 Å². The first-order valence-corrected chi connectivity index (χ1v) is 5.96. The van der Waals surface area contributed by atoms with Crippen molar-refractivity contribution in [2.45, 2.75) is 0 Å². The molecule has 0 atom stereocenters. The molecule has 0 bridgehead atoms. The fourth-order valence-corrected chi connectivity index (χ4v) is 1.84. The number of hydrogen-bond donors (Lipinski definition) is 0. The molecule has 0 spiro atoms. The second kappa shape index (κ2) is 4.93. The van der Waals surface area contributed by atoms with Gasteiger partial charge in [-0.25, -0.2) is 9.67 Å². The van der Waals surface area contributed by atoms with Crippen molar-refractivity contribution in [3.8, 4) is 17.1 Å². The molecule has 3 aromatic rings. The Morgan fingerprint density at radius 3 is 2.50 bits per heavy atom. The topological polar surface area (TPSA) is 73.8 Å². The van der Waals surface area contributed by atoms with Gasteiger partial charge in [0.1, 0.15) is 6.20 Å². The highest BCUT2D eigenvalue weighted by atomic mass is 16.6. The van der Waals surface area contributed by atoms with Crippen LogP contribution >= 0.6 is 0 Å². The summed E-state index contributed by atoms with van der Waals surface area (Å²) < 4.78 is 1.59. The summed E-state index contributed by atoms with van der Waals surface area (Å²) in [5, 5.41) is 15.0. The van der Waals surface area contributed by atoms with Crippen molar-refractivity contribution in [3.05, 3.63) is 71.0 Å². The van der Waals surface area contributed by atoms with Crippen molar-refractivity contribution < 1.29 is 4.92 Å². The van der Waals surface area contributed by atoms with Crippen LogP contribution in [0.1, 0.15) is 0 Å². The third-order valence-corrected chi connectivity index (χ3v) is 2.84. The predicted molar refractivity (Wildman–Crippen MR) is 73.4 cm³/mol. The molecular weight excluding hydrogens is 256 g/mol. The molecule has 6 heteroatoms. The van der Waals surface area contributed by atoms with Crippen LogP contribution in [0, 0.1) is 10.1 Å². The first-order valence-electron chi connectivity index (χ1n) is 5.96. The van der Waals surface area contributed by atoms with Crippen molar-refractivity contribution >= 4 is 5.69 Å². The van der Waals surface area contributed by atoms with Crippen LogP contribution in [0.5, 0.6) is 0 Å². The van der Waals surface area contributed by atoms with Gasteiger partial charge >= 0.3 is 0 Å². The second-order valence-corrected chi connectivity index (χ2v) is 4.14. The van der Waals surface area contributed by atoms with E-state index in [1.54, 1.807) is 16.9 Å². The Labute approximate surface area is 114 Å². The Bertz CT molecular complexity index is 735. The van der Waals surface area contributed by atoms with Crippen LogP contribution in [0.15, 0.2) is 60.9 Å². The van der Waals surface area contributed by atoms with Gasteiger partial charge in [-0.1, -0.05) is 30.3 Å². The van der Waals surface area contributed by atoms with Gasteiger partial charge in [0.25, 0.3) is 5.69 Å². The minimum Gasteiger partial charge on any atom is -0.258 e. The number of nitro groups is 1. The van der Waals surface area contributed by atoms with E-state index in [0.717, 1.165) is 11.3 Å². The van der Waals surface area contributed by atoms with Gasteiger partial charge in [-0.3, -0.25) is 10.1 Å². The van der Waals surface area contributed by atoms with Crippen molar-refractivity contribution in [1.29, 1.82) is 0 Å². The van der Waals surface area contributed by atoms with Crippen LogP contribution in [0.4, 0.5) is 5.69 Å². The maximum atomic E-state index is 10.6. The normalized spacial score (nSPS) is 10.4. The van der Waals surface area contributed by atoms with Crippen molar-refractivity contribution in [1.82, 2.24) is 14.8 Å². The van der Waals surface area contributed by atoms with Crippen LogP contribution < -0.4 is 0 Å². The third-order valence-electron chi connectivity index (χ3n) is 2.84. The molecule has 3 rings (SSSR count). The van der Waals surface area contributed by atoms with Crippen LogP contribution in [-0.2, 0) is 0 Å². The molecule has 2 heterocycles. The molecule has 0 radical (unpaired) electrons. The lowest BCUT2D eigenvalue weighted by Crippen LogP contribution is -1.99. The summed E-state index contributed by atoms with van der Waals surface area (Å²) in [7, 11) is 0. The summed E-state index contributed by atoms with van der Waals surface area (Å²) in [5.41, 5.74) is 1.79. The molecule has 0 aliphatic rings. The maximum absolute atomic E-state index is 10.6. The fourth-order valence-electron chi connectivity index (χ4n) is 1.84. The maximum Gasteiger partial charge on any atom is 0.287 e. The molecule has 0 saturated carbocycles. The summed E-state index contributed by atoms with van der Waals surface area (Å²) in [6.45, 7) is 0. The molecule has 0 unspecified atom stereocenters. The average molecular weight is 266 g/mol. The van der Waals surface area contributed by atoms with Gasteiger partial charge in [0.2, 0.25) is 0 Å². The lowest BCUT2D eigenvalue weighted by atomic mass is 10.2. The van der Waals surface area contributed by atoms with E-state index in [0.29, 0.717) is 5.82 Å². The van der Waals surface area contributed by atoms with E-state index in [9.17, 15) is 10.1 Å². The lowest BCUT2D eigenvalue weighted by Gasteiger charge is -1.99. The molecule has 0 amide bonds. The Hall–Kier alpha value is -3.02. The van der Waals surface area contributed by atoms with Crippen molar-refractivity contribution in [2.24, 2.45) is 0 Å². The number of benzene rings is 1. The largest absolute Gasteiger partial charge is 0.287 e. The molecule has 98 valence electrons. The summed E-state index contributed by atoms with van der Waals surface area (Å²) in [5.74, 6) is 0.540. The van der Waals surface area contributed by atoms with Crippen molar-refractivity contribution in [2.75, 3.05) is 0 Å². The van der Waals surface area contributed by atoms with Crippen LogP contribution in [0.25, 0.3) is 17.1 Å². The molecule has 0 aliphatic carbocycles. The summed E-state index contributed by atoms with van der Waals surface area (Å²) >= 11 is 0. The molecular formula is C14H10N4O2. The molecule has 20 heavy (non-hydrogen) atoms. The van der Waals surface area contributed by atoms with Gasteiger partial charge in [-0.15, -0.1) is 0 Å². The van der Waals surface area contributed by atoms with E-state index < -0.39 is 4.92 Å². The zero-order valence-electron chi connectivity index (χ0n) is 10.4. The SMILES string of the molecule is O=[N+]([O-])c1ccc(-n2ccc(-c3ccccc3)n2)nc1. The number of hydrogen-bond acceptors (Lipinski definition) is 4. The summed E-state index contributed by atoms with van der Waals surface area (Å²) in [4.78, 5) is 14.1. The summed E-state index contributed by atoms with van der Waals surface area (Å²) in [6.07, 6.45) is 3.00. The molecule has 0 fully saturated rings. The van der Waals surface area contributed by atoms with Gasteiger partial charge in [-0.2, -0.15) is 5.10 Å². The van der Waals surface area contributed by atoms with E-state index in [1.807, 2.05) is 36.4 Å². The average Bonchev–Trinajstić information content (AvgIpc) is 2.98. The lowest BCUT2D eigenvalue weighted by molar-refractivity contribution is -0.385. The van der Waals surface area contributed by atoms with Crippen molar-refractivity contribution in [3.63, 3.8) is 0 Å². The standard InChI is InChI=1S/C14H10N4O2/c19-18(20)12-6-7-14(15-10-12)17-9-8-13(16-17)11-4-2-1-3-5-11/h1-10H. The molecule has 0 N–H and O–H groups in total. The van der Waals surface area contributed by atoms with Gasteiger partial charge in [0.15, 0.2) is 5.82 Å². The zero-order valence-corrected chi connectivity index (χ0v) is 10.4. The minimum absolute atomic E-state index is 0.0378. The number of aromatic nitrogens is 3. The predicted octanol–water partition coefficient (Wildman–Crippen LogP) is 2.84. The highest BCUT2D eigenvalue weighted by Gasteiger charge is 2.08. The Morgan fingerprint density at radius 2 is 1.85 bits per heavy atom. The van der Waals surface area contributed by atoms with Crippen LogP contribution in [0.3, 0.4) is 0 Å². The Balaban J connectivity index is 1.92. The molecule has 6 nitrogen and oxygen atoms in total. The van der Waals surface area contributed by atoms with Crippen LogP contribution in [0.2, 0.25) is 0 Å². The quantitative estimate of drug-likeness (QED) is 0.539. The number of pyridine rings is 1. The van der Waals surface area contributed by atoms with Gasteiger partial charge in [0, 0.05) is 17.8 Å². The molecule has 0 saturated heterocycles. The number of rotatable bonds is 3. The third kappa shape index (κ3) is 2.26. The minimum atomic E-state index is -0.477. The Morgan fingerprint density at radius 1 is 1.05 bits per heavy atom. The van der Waals surface area contributed by atoms with Gasteiger partial charge in [0.05, 0.1) is 10.6 Å².